The molecule has 108 valence electrons. The van der Waals surface area contributed by atoms with Gasteiger partial charge in [-0.2, -0.15) is 0 Å². The van der Waals surface area contributed by atoms with Crippen LogP contribution in [0.15, 0.2) is 40.8 Å². The summed E-state index contributed by atoms with van der Waals surface area (Å²) in [7, 11) is -3.63. The summed E-state index contributed by atoms with van der Waals surface area (Å²) in [6.45, 7) is 1.89. The molecule has 1 aliphatic rings. The molecule has 2 rings (SSSR count). The Hall–Kier alpha value is -1.70. The Morgan fingerprint density at radius 3 is 2.85 bits per heavy atom. The van der Waals surface area contributed by atoms with Crippen LogP contribution in [0.4, 0.5) is 0 Å². The minimum absolute atomic E-state index is 0.0448. The molecule has 0 bridgehead atoms. The first-order valence-electron chi connectivity index (χ1n) is 6.27. The van der Waals surface area contributed by atoms with Crippen molar-refractivity contribution in [1.29, 1.82) is 0 Å². The Kier molecular flexibility index (Phi) is 4.53. The third kappa shape index (κ3) is 3.66. The molecule has 0 aromatic heterocycles. The molecule has 7 heteroatoms. The topological polar surface area (TPSA) is 101 Å². The average molecular weight is 295 g/mol. The van der Waals surface area contributed by atoms with Crippen LogP contribution in [0.25, 0.3) is 0 Å². The quantitative estimate of drug-likeness (QED) is 0.665. The van der Waals surface area contributed by atoms with Gasteiger partial charge in [-0.05, 0) is 31.2 Å². The van der Waals surface area contributed by atoms with Gasteiger partial charge in [0.1, 0.15) is 0 Å². The highest BCUT2D eigenvalue weighted by molar-refractivity contribution is 7.89. The fraction of sp³-hybridized carbons (Fsp3) is 0.308. The molecule has 0 atom stereocenters. The number of nitrogens with two attached hydrogens (primary N) is 1. The fourth-order valence-corrected chi connectivity index (χ4v) is 3.00. The highest BCUT2D eigenvalue weighted by Gasteiger charge is 2.16. The van der Waals surface area contributed by atoms with Gasteiger partial charge in [-0.25, -0.2) is 13.1 Å². The maximum absolute atomic E-state index is 12.1. The first kappa shape index (κ1) is 14.7. The van der Waals surface area contributed by atoms with E-state index >= 15 is 0 Å². The predicted octanol–water partition coefficient (Wildman–Crippen LogP) is -0.0165. The number of carbonyl (C=O) groups excluding carboxylic acids is 1. The number of rotatable bonds is 5. The van der Waals surface area contributed by atoms with Gasteiger partial charge in [0.25, 0.3) is 0 Å². The summed E-state index contributed by atoms with van der Waals surface area (Å²) in [5.74, 6) is -0.650. The van der Waals surface area contributed by atoms with Crippen molar-refractivity contribution in [3.63, 3.8) is 0 Å². The minimum Gasteiger partial charge on any atom is -0.366 e. The molecule has 4 N–H and O–H groups in total. The molecule has 0 aliphatic carbocycles. The standard InChI is InChI=1S/C13H17N3O3S/c14-13(17)11-2-1-3-12(8-11)20(18,19)16-9-10-4-6-15-7-5-10/h1-4,8,15-16H,5-7,9H2,(H2,14,17). The molecule has 1 heterocycles. The van der Waals surface area contributed by atoms with Crippen LogP contribution in [-0.2, 0) is 10.0 Å². The summed E-state index contributed by atoms with van der Waals surface area (Å²) in [5.41, 5.74) is 6.38. The van der Waals surface area contributed by atoms with E-state index in [0.29, 0.717) is 0 Å². The van der Waals surface area contributed by atoms with Gasteiger partial charge in [-0.1, -0.05) is 17.7 Å². The number of amides is 1. The van der Waals surface area contributed by atoms with E-state index in [2.05, 4.69) is 10.0 Å². The number of sulfonamides is 1. The summed E-state index contributed by atoms with van der Waals surface area (Å²) in [6.07, 6.45) is 2.80. The smallest absolute Gasteiger partial charge is 0.248 e. The van der Waals surface area contributed by atoms with Crippen LogP contribution in [-0.4, -0.2) is 34.0 Å². The summed E-state index contributed by atoms with van der Waals surface area (Å²) in [5, 5.41) is 3.16. The predicted molar refractivity (Wildman–Crippen MR) is 75.7 cm³/mol. The van der Waals surface area contributed by atoms with Gasteiger partial charge in [0.05, 0.1) is 4.90 Å². The molecular weight excluding hydrogens is 278 g/mol. The lowest BCUT2D eigenvalue weighted by atomic mass is 10.1. The lowest BCUT2D eigenvalue weighted by Gasteiger charge is -2.14. The molecular formula is C13H17N3O3S. The molecule has 1 aliphatic heterocycles. The zero-order chi connectivity index (χ0) is 14.6. The monoisotopic (exact) mass is 295 g/mol. The summed E-state index contributed by atoms with van der Waals surface area (Å²) < 4.78 is 26.8. The second-order valence-corrected chi connectivity index (χ2v) is 6.30. The van der Waals surface area contributed by atoms with Crippen molar-refractivity contribution in [2.75, 3.05) is 19.6 Å². The van der Waals surface area contributed by atoms with Crippen molar-refractivity contribution in [3.05, 3.63) is 41.5 Å². The van der Waals surface area contributed by atoms with E-state index in [1.165, 1.54) is 24.3 Å². The number of benzene rings is 1. The molecule has 0 unspecified atom stereocenters. The van der Waals surface area contributed by atoms with Crippen molar-refractivity contribution in [2.45, 2.75) is 11.3 Å². The highest BCUT2D eigenvalue weighted by Crippen LogP contribution is 2.12. The van der Waals surface area contributed by atoms with Crippen LogP contribution in [0.1, 0.15) is 16.8 Å². The van der Waals surface area contributed by atoms with Crippen LogP contribution >= 0.6 is 0 Å². The fourth-order valence-electron chi connectivity index (χ4n) is 1.92. The first-order chi connectivity index (χ1) is 9.49. The van der Waals surface area contributed by atoms with E-state index < -0.39 is 15.9 Å². The Bertz CT molecular complexity index is 638. The van der Waals surface area contributed by atoms with Gasteiger partial charge in [0, 0.05) is 18.7 Å². The van der Waals surface area contributed by atoms with Crippen LogP contribution < -0.4 is 15.8 Å². The highest BCUT2D eigenvalue weighted by atomic mass is 32.2. The Balaban J connectivity index is 2.11. The molecule has 1 amide bonds. The molecule has 0 saturated heterocycles. The third-order valence-corrected chi connectivity index (χ3v) is 4.47. The van der Waals surface area contributed by atoms with Gasteiger partial charge >= 0.3 is 0 Å². The zero-order valence-electron chi connectivity index (χ0n) is 10.9. The van der Waals surface area contributed by atoms with E-state index in [9.17, 15) is 13.2 Å². The van der Waals surface area contributed by atoms with Gasteiger partial charge in [-0.15, -0.1) is 0 Å². The molecule has 20 heavy (non-hydrogen) atoms. The molecule has 0 saturated carbocycles. The van der Waals surface area contributed by atoms with E-state index in [-0.39, 0.29) is 17.0 Å². The van der Waals surface area contributed by atoms with Gasteiger partial charge < -0.3 is 11.1 Å². The summed E-state index contributed by atoms with van der Waals surface area (Å²) >= 11 is 0. The summed E-state index contributed by atoms with van der Waals surface area (Å²) in [4.78, 5) is 11.1. The zero-order valence-corrected chi connectivity index (χ0v) is 11.7. The second-order valence-electron chi connectivity index (χ2n) is 4.53. The van der Waals surface area contributed by atoms with E-state index in [1.54, 1.807) is 0 Å². The van der Waals surface area contributed by atoms with Gasteiger partial charge in [0.15, 0.2) is 0 Å². The second kappa shape index (κ2) is 6.17. The summed E-state index contributed by atoms with van der Waals surface area (Å²) in [6, 6.07) is 5.70. The molecule has 0 radical (unpaired) electrons. The van der Waals surface area contributed by atoms with Gasteiger partial charge in [-0.3, -0.25) is 4.79 Å². The van der Waals surface area contributed by atoms with E-state index in [1.807, 2.05) is 6.08 Å². The van der Waals surface area contributed by atoms with Crippen molar-refractivity contribution in [1.82, 2.24) is 10.0 Å². The Morgan fingerprint density at radius 1 is 1.40 bits per heavy atom. The number of primary amides is 1. The lowest BCUT2D eigenvalue weighted by molar-refractivity contribution is 0.1000. The minimum atomic E-state index is -3.63. The Labute approximate surface area is 118 Å². The van der Waals surface area contributed by atoms with Gasteiger partial charge in [0.2, 0.25) is 15.9 Å². The van der Waals surface area contributed by atoms with Crippen molar-refractivity contribution in [2.24, 2.45) is 5.73 Å². The molecule has 6 nitrogen and oxygen atoms in total. The molecule has 0 fully saturated rings. The number of hydrogen-bond acceptors (Lipinski definition) is 4. The van der Waals surface area contributed by atoms with E-state index in [4.69, 9.17) is 5.73 Å². The number of hydrogen-bond donors (Lipinski definition) is 3. The maximum Gasteiger partial charge on any atom is 0.248 e. The SMILES string of the molecule is NC(=O)c1cccc(S(=O)(=O)NCC2=CCNCC2)c1. The number of nitrogens with one attached hydrogen (secondary N) is 2. The largest absolute Gasteiger partial charge is 0.366 e. The third-order valence-electron chi connectivity index (χ3n) is 3.08. The van der Waals surface area contributed by atoms with Crippen LogP contribution in [0.2, 0.25) is 0 Å². The van der Waals surface area contributed by atoms with Crippen LogP contribution in [0.3, 0.4) is 0 Å². The normalized spacial score (nSPS) is 15.7. The molecule has 1 aromatic carbocycles. The first-order valence-corrected chi connectivity index (χ1v) is 7.75. The van der Waals surface area contributed by atoms with Crippen molar-refractivity contribution >= 4 is 15.9 Å². The van der Waals surface area contributed by atoms with Crippen molar-refractivity contribution in [3.8, 4) is 0 Å². The van der Waals surface area contributed by atoms with Crippen molar-refractivity contribution < 1.29 is 13.2 Å². The Morgan fingerprint density at radius 2 is 2.20 bits per heavy atom. The lowest BCUT2D eigenvalue weighted by Crippen LogP contribution is -2.29. The van der Waals surface area contributed by atoms with E-state index in [0.717, 1.165) is 25.1 Å². The average Bonchev–Trinajstić information content (AvgIpc) is 2.46. The molecule has 0 spiro atoms. The van der Waals surface area contributed by atoms with Crippen LogP contribution in [0.5, 0.6) is 0 Å². The maximum atomic E-state index is 12.1. The number of carbonyl (C=O) groups is 1. The van der Waals surface area contributed by atoms with Crippen LogP contribution in [0, 0.1) is 0 Å². The molecule has 1 aromatic rings.